The van der Waals surface area contributed by atoms with E-state index in [0.717, 1.165) is 24.5 Å². The third-order valence-corrected chi connectivity index (χ3v) is 3.34. The predicted molar refractivity (Wildman–Crippen MR) is 77.0 cm³/mol. The first kappa shape index (κ1) is 13.7. The smallest absolute Gasteiger partial charge is 0.110 e. The molecule has 0 fully saturated rings. The van der Waals surface area contributed by atoms with E-state index in [1.165, 1.54) is 11.1 Å². The molecule has 2 aromatic rings. The van der Waals surface area contributed by atoms with Crippen LogP contribution >= 0.6 is 0 Å². The van der Waals surface area contributed by atoms with Crippen LogP contribution in [0.25, 0.3) is 0 Å². The zero-order valence-electron chi connectivity index (χ0n) is 12.1. The lowest BCUT2D eigenvalue weighted by Crippen LogP contribution is -2.25. The number of pyridine rings is 1. The molecule has 2 rings (SSSR count). The SMILES string of the molecule is CCNC(Cc1nccn1C)c1ncc(C)cc1C. The normalized spacial score (nSPS) is 12.6. The van der Waals surface area contributed by atoms with E-state index in [4.69, 9.17) is 0 Å². The Morgan fingerprint density at radius 2 is 2.11 bits per heavy atom. The number of rotatable bonds is 5. The van der Waals surface area contributed by atoms with E-state index in [9.17, 15) is 0 Å². The van der Waals surface area contributed by atoms with Gasteiger partial charge in [0.15, 0.2) is 0 Å². The highest BCUT2D eigenvalue weighted by atomic mass is 15.0. The van der Waals surface area contributed by atoms with Crippen LogP contribution in [0.15, 0.2) is 24.7 Å². The molecule has 0 spiro atoms. The Balaban J connectivity index is 2.27. The van der Waals surface area contributed by atoms with E-state index < -0.39 is 0 Å². The van der Waals surface area contributed by atoms with Gasteiger partial charge in [0.2, 0.25) is 0 Å². The molecule has 4 heteroatoms. The lowest BCUT2D eigenvalue weighted by molar-refractivity contribution is 0.514. The zero-order chi connectivity index (χ0) is 13.8. The number of hydrogen-bond acceptors (Lipinski definition) is 3. The van der Waals surface area contributed by atoms with Gasteiger partial charge in [-0.25, -0.2) is 4.98 Å². The second-order valence-corrected chi connectivity index (χ2v) is 4.98. The highest BCUT2D eigenvalue weighted by Crippen LogP contribution is 2.19. The van der Waals surface area contributed by atoms with Gasteiger partial charge in [-0.15, -0.1) is 0 Å². The van der Waals surface area contributed by atoms with Crippen LogP contribution in [0.4, 0.5) is 0 Å². The fourth-order valence-corrected chi connectivity index (χ4v) is 2.38. The van der Waals surface area contributed by atoms with Crippen molar-refractivity contribution < 1.29 is 0 Å². The maximum Gasteiger partial charge on any atom is 0.110 e. The average molecular weight is 258 g/mol. The molecule has 102 valence electrons. The van der Waals surface area contributed by atoms with E-state index in [-0.39, 0.29) is 6.04 Å². The Hall–Kier alpha value is -1.68. The van der Waals surface area contributed by atoms with Gasteiger partial charge >= 0.3 is 0 Å². The molecule has 0 aliphatic rings. The summed E-state index contributed by atoms with van der Waals surface area (Å²) < 4.78 is 2.06. The van der Waals surface area contributed by atoms with Gasteiger partial charge in [0.1, 0.15) is 5.82 Å². The molecule has 0 aromatic carbocycles. The van der Waals surface area contributed by atoms with Crippen LogP contribution in [0.3, 0.4) is 0 Å². The van der Waals surface area contributed by atoms with Crippen LogP contribution < -0.4 is 5.32 Å². The highest BCUT2D eigenvalue weighted by Gasteiger charge is 2.17. The van der Waals surface area contributed by atoms with E-state index >= 15 is 0 Å². The molecule has 1 unspecified atom stereocenters. The van der Waals surface area contributed by atoms with Crippen molar-refractivity contribution in [3.05, 3.63) is 47.3 Å². The third-order valence-electron chi connectivity index (χ3n) is 3.34. The van der Waals surface area contributed by atoms with Gasteiger partial charge in [-0.05, 0) is 31.5 Å². The summed E-state index contributed by atoms with van der Waals surface area (Å²) in [5.74, 6) is 1.08. The van der Waals surface area contributed by atoms with Crippen LogP contribution in [0.5, 0.6) is 0 Å². The fourth-order valence-electron chi connectivity index (χ4n) is 2.38. The summed E-state index contributed by atoms with van der Waals surface area (Å²) in [4.78, 5) is 9.01. The number of nitrogens with one attached hydrogen (secondary N) is 1. The molecular weight excluding hydrogens is 236 g/mol. The molecular formula is C15H22N4. The third kappa shape index (κ3) is 3.20. The highest BCUT2D eigenvalue weighted by molar-refractivity contribution is 5.26. The molecule has 4 nitrogen and oxygen atoms in total. The topological polar surface area (TPSA) is 42.7 Å². The Morgan fingerprint density at radius 3 is 2.68 bits per heavy atom. The Morgan fingerprint density at radius 1 is 1.32 bits per heavy atom. The van der Waals surface area contributed by atoms with Gasteiger partial charge in [0.25, 0.3) is 0 Å². The first-order chi connectivity index (χ1) is 9.11. The summed E-state index contributed by atoms with van der Waals surface area (Å²) in [5.41, 5.74) is 3.56. The number of aromatic nitrogens is 3. The largest absolute Gasteiger partial charge is 0.338 e. The molecule has 0 aliphatic heterocycles. The average Bonchev–Trinajstić information content (AvgIpc) is 2.75. The summed E-state index contributed by atoms with van der Waals surface area (Å²) in [5, 5.41) is 3.51. The molecule has 1 atom stereocenters. The van der Waals surface area contributed by atoms with E-state index in [2.05, 4.69) is 46.7 Å². The fraction of sp³-hybridized carbons (Fsp3) is 0.467. The molecule has 2 aromatic heterocycles. The summed E-state index contributed by atoms with van der Waals surface area (Å²) in [6, 6.07) is 2.40. The molecule has 0 saturated carbocycles. The van der Waals surface area contributed by atoms with Crippen molar-refractivity contribution in [2.24, 2.45) is 7.05 Å². The molecule has 0 saturated heterocycles. The van der Waals surface area contributed by atoms with Crippen LogP contribution in [0.1, 0.15) is 35.6 Å². The first-order valence-corrected chi connectivity index (χ1v) is 6.74. The summed E-state index contributed by atoms with van der Waals surface area (Å²) >= 11 is 0. The molecule has 19 heavy (non-hydrogen) atoms. The van der Waals surface area contributed by atoms with Gasteiger partial charge in [0, 0.05) is 32.1 Å². The van der Waals surface area contributed by atoms with Crippen LogP contribution in [-0.2, 0) is 13.5 Å². The second kappa shape index (κ2) is 5.97. The van der Waals surface area contributed by atoms with Gasteiger partial charge < -0.3 is 9.88 Å². The van der Waals surface area contributed by atoms with Gasteiger partial charge in [-0.2, -0.15) is 0 Å². The van der Waals surface area contributed by atoms with Crippen LogP contribution in [0.2, 0.25) is 0 Å². The second-order valence-electron chi connectivity index (χ2n) is 4.98. The van der Waals surface area contributed by atoms with Crippen molar-refractivity contribution in [1.82, 2.24) is 19.9 Å². The quantitative estimate of drug-likeness (QED) is 0.895. The molecule has 0 amide bonds. The van der Waals surface area contributed by atoms with Crippen LogP contribution in [0, 0.1) is 13.8 Å². The van der Waals surface area contributed by atoms with Crippen molar-refractivity contribution >= 4 is 0 Å². The first-order valence-electron chi connectivity index (χ1n) is 6.74. The summed E-state index contributed by atoms with van der Waals surface area (Å²) in [6.07, 6.45) is 6.61. The summed E-state index contributed by atoms with van der Waals surface area (Å²) in [7, 11) is 2.03. The molecule has 0 radical (unpaired) electrons. The molecule has 0 bridgehead atoms. The predicted octanol–water partition coefficient (Wildman–Crippen LogP) is 2.33. The van der Waals surface area contributed by atoms with Crippen molar-refractivity contribution in [3.8, 4) is 0 Å². The molecule has 2 heterocycles. The van der Waals surface area contributed by atoms with Gasteiger partial charge in [-0.3, -0.25) is 4.98 Å². The number of aryl methyl sites for hydroxylation is 3. The van der Waals surface area contributed by atoms with Crippen molar-refractivity contribution in [1.29, 1.82) is 0 Å². The number of imidazole rings is 1. The van der Waals surface area contributed by atoms with Crippen LogP contribution in [-0.4, -0.2) is 21.1 Å². The lowest BCUT2D eigenvalue weighted by Gasteiger charge is -2.19. The monoisotopic (exact) mass is 258 g/mol. The van der Waals surface area contributed by atoms with Gasteiger partial charge in [0.05, 0.1) is 11.7 Å². The van der Waals surface area contributed by atoms with Crippen molar-refractivity contribution in [2.75, 3.05) is 6.54 Å². The number of likely N-dealkylation sites (N-methyl/N-ethyl adjacent to an activating group) is 1. The minimum atomic E-state index is 0.215. The summed E-state index contributed by atoms with van der Waals surface area (Å²) in [6.45, 7) is 7.24. The zero-order valence-corrected chi connectivity index (χ0v) is 12.1. The van der Waals surface area contributed by atoms with E-state index in [1.54, 1.807) is 0 Å². The minimum Gasteiger partial charge on any atom is -0.338 e. The Kier molecular flexibility index (Phi) is 4.32. The maximum absolute atomic E-state index is 4.61. The maximum atomic E-state index is 4.61. The standard InChI is InChI=1S/C15H22N4/c1-5-16-13(9-14-17-6-7-19(14)4)15-12(3)8-11(2)10-18-15/h6-8,10,13,16H,5,9H2,1-4H3. The van der Waals surface area contributed by atoms with E-state index in [1.807, 2.05) is 25.6 Å². The van der Waals surface area contributed by atoms with E-state index in [0.29, 0.717) is 0 Å². The Bertz CT molecular complexity index is 545. The van der Waals surface area contributed by atoms with Crippen molar-refractivity contribution in [2.45, 2.75) is 33.2 Å². The van der Waals surface area contributed by atoms with Crippen molar-refractivity contribution in [3.63, 3.8) is 0 Å². The molecule has 1 N–H and O–H groups in total. The number of hydrogen-bond donors (Lipinski definition) is 1. The minimum absolute atomic E-state index is 0.215. The number of nitrogens with zero attached hydrogens (tertiary/aromatic N) is 3. The Labute approximate surface area is 114 Å². The molecule has 0 aliphatic carbocycles. The lowest BCUT2D eigenvalue weighted by atomic mass is 10.0. The van der Waals surface area contributed by atoms with Gasteiger partial charge in [-0.1, -0.05) is 13.0 Å².